The molecule has 0 saturated heterocycles. The largest absolute Gasteiger partial charge is 0.456 e. The highest BCUT2D eigenvalue weighted by Crippen LogP contribution is 2.48. The van der Waals surface area contributed by atoms with E-state index in [0.29, 0.717) is 23.1 Å². The normalized spacial score (nSPS) is 18.9. The summed E-state index contributed by atoms with van der Waals surface area (Å²) in [6, 6.07) is 16.0. The fraction of sp³-hybridized carbons (Fsp3) is 0.364. The first kappa shape index (κ1) is 17.4. The zero-order valence-electron chi connectivity index (χ0n) is 15.1. The molecule has 1 aliphatic carbocycles. The highest BCUT2D eigenvalue weighted by molar-refractivity contribution is 5.94. The lowest BCUT2D eigenvalue weighted by atomic mass is 9.99. The quantitative estimate of drug-likeness (QED) is 0.590. The van der Waals surface area contributed by atoms with Crippen LogP contribution in [0, 0.1) is 18.3 Å². The van der Waals surface area contributed by atoms with Gasteiger partial charge in [0.25, 0.3) is 0 Å². The third kappa shape index (κ3) is 4.16. The van der Waals surface area contributed by atoms with E-state index in [4.69, 9.17) is 10.1 Å². The zero-order chi connectivity index (χ0) is 18.0. The highest BCUT2D eigenvalue weighted by atomic mass is 16.5. The minimum Gasteiger partial charge on any atom is -0.456 e. The topological polar surface area (TPSA) is 50.2 Å². The van der Waals surface area contributed by atoms with Crippen molar-refractivity contribution in [3.8, 4) is 0 Å². The molecule has 3 rings (SSSR count). The molecule has 0 aromatic heterocycles. The summed E-state index contributed by atoms with van der Waals surface area (Å²) >= 11 is 0. The lowest BCUT2D eigenvalue weighted by Crippen LogP contribution is -2.15. The monoisotopic (exact) mass is 335 g/mol. The fourth-order valence-corrected chi connectivity index (χ4v) is 3.10. The number of ether oxygens (including phenoxy) is 1. The zero-order valence-corrected chi connectivity index (χ0v) is 15.1. The van der Waals surface area contributed by atoms with Crippen molar-refractivity contribution in [2.75, 3.05) is 6.61 Å². The smallest absolute Gasteiger partial charge is 0.338 e. The van der Waals surface area contributed by atoms with Crippen molar-refractivity contribution in [1.82, 2.24) is 0 Å². The maximum atomic E-state index is 12.0. The van der Waals surface area contributed by atoms with Gasteiger partial charge < -0.3 is 10.1 Å². The summed E-state index contributed by atoms with van der Waals surface area (Å²) in [5.74, 6) is 0.772. The molecule has 25 heavy (non-hydrogen) atoms. The number of nitrogens with one attached hydrogen (secondary N) is 1. The van der Waals surface area contributed by atoms with E-state index in [1.807, 2.05) is 19.1 Å². The fourth-order valence-electron chi connectivity index (χ4n) is 3.10. The Hall–Kier alpha value is -2.42. The van der Waals surface area contributed by atoms with Crippen molar-refractivity contribution in [2.45, 2.75) is 39.0 Å². The van der Waals surface area contributed by atoms with Crippen molar-refractivity contribution in [2.24, 2.45) is 5.92 Å². The van der Waals surface area contributed by atoms with E-state index in [9.17, 15) is 4.79 Å². The van der Waals surface area contributed by atoms with Crippen LogP contribution in [0.1, 0.15) is 59.2 Å². The Balaban J connectivity index is 1.51. The Bertz CT molecular complexity index is 760. The summed E-state index contributed by atoms with van der Waals surface area (Å²) in [6.45, 7) is 6.43. The molecule has 3 nitrogen and oxygen atoms in total. The van der Waals surface area contributed by atoms with E-state index in [0.717, 1.165) is 12.0 Å². The van der Waals surface area contributed by atoms with Gasteiger partial charge in [-0.2, -0.15) is 0 Å². The Morgan fingerprint density at radius 1 is 1.12 bits per heavy atom. The molecule has 1 N–H and O–H groups in total. The maximum absolute atomic E-state index is 12.0. The summed E-state index contributed by atoms with van der Waals surface area (Å²) < 4.78 is 5.30. The van der Waals surface area contributed by atoms with Gasteiger partial charge in [-0.1, -0.05) is 55.8 Å². The minimum atomic E-state index is -0.358. The summed E-state index contributed by atoms with van der Waals surface area (Å²) in [5, 5.41) is 8.21. The number of aryl methyl sites for hydroxylation is 1. The molecule has 0 radical (unpaired) electrons. The van der Waals surface area contributed by atoms with Crippen molar-refractivity contribution >= 4 is 11.7 Å². The molecule has 1 fully saturated rings. The van der Waals surface area contributed by atoms with Gasteiger partial charge in [0.2, 0.25) is 0 Å². The predicted octanol–water partition coefficient (Wildman–Crippen LogP) is 5.10. The van der Waals surface area contributed by atoms with Crippen LogP contribution in [0.5, 0.6) is 0 Å². The third-order valence-electron chi connectivity index (χ3n) is 4.92. The van der Waals surface area contributed by atoms with E-state index < -0.39 is 0 Å². The van der Waals surface area contributed by atoms with Crippen LogP contribution in [0.25, 0.3) is 0 Å². The standard InChI is InChI=1S/C22H25NO2/c1-14(2)16-8-10-17(11-9-16)19-12-20(19)21(23)13-25-22(24)18-6-4-15(3)5-7-18/h4-11,14,19-20,23H,12-13H2,1-3H3. The molecule has 0 bridgehead atoms. The van der Waals surface area contributed by atoms with Crippen LogP contribution >= 0.6 is 0 Å². The molecule has 130 valence electrons. The van der Waals surface area contributed by atoms with Gasteiger partial charge in [0, 0.05) is 5.92 Å². The number of carbonyl (C=O) groups is 1. The van der Waals surface area contributed by atoms with E-state index >= 15 is 0 Å². The van der Waals surface area contributed by atoms with E-state index in [2.05, 4.69) is 38.1 Å². The summed E-state index contributed by atoms with van der Waals surface area (Å²) in [5.41, 5.74) is 4.77. The Kier molecular flexibility index (Phi) is 5.03. The first-order valence-corrected chi connectivity index (χ1v) is 8.86. The molecular weight excluding hydrogens is 310 g/mol. The Morgan fingerprint density at radius 2 is 1.76 bits per heavy atom. The molecule has 1 saturated carbocycles. The number of carbonyl (C=O) groups excluding carboxylic acids is 1. The van der Waals surface area contributed by atoms with Crippen molar-refractivity contribution in [1.29, 1.82) is 5.41 Å². The molecule has 2 atom stereocenters. The molecule has 0 heterocycles. The lowest BCUT2D eigenvalue weighted by Gasteiger charge is -2.08. The first-order chi connectivity index (χ1) is 12.0. The van der Waals surface area contributed by atoms with Gasteiger partial charge >= 0.3 is 5.97 Å². The molecule has 0 spiro atoms. The molecule has 0 amide bonds. The first-order valence-electron chi connectivity index (χ1n) is 8.86. The molecule has 1 aliphatic rings. The Morgan fingerprint density at radius 3 is 2.36 bits per heavy atom. The van der Waals surface area contributed by atoms with Crippen LogP contribution < -0.4 is 0 Å². The van der Waals surface area contributed by atoms with E-state index in [1.165, 1.54) is 11.1 Å². The van der Waals surface area contributed by atoms with Crippen LogP contribution in [0.3, 0.4) is 0 Å². The van der Waals surface area contributed by atoms with Crippen LogP contribution in [-0.2, 0) is 4.74 Å². The minimum absolute atomic E-state index is 0.0813. The number of esters is 1. The second kappa shape index (κ2) is 7.22. The SMILES string of the molecule is Cc1ccc(C(=O)OCC(=N)C2CC2c2ccc(C(C)C)cc2)cc1. The van der Waals surface area contributed by atoms with Crippen LogP contribution in [0.15, 0.2) is 48.5 Å². The number of hydrogen-bond donors (Lipinski definition) is 1. The summed E-state index contributed by atoms with van der Waals surface area (Å²) in [7, 11) is 0. The molecule has 2 aromatic carbocycles. The highest BCUT2D eigenvalue weighted by Gasteiger charge is 2.41. The lowest BCUT2D eigenvalue weighted by molar-refractivity contribution is 0.0561. The second-order valence-electron chi connectivity index (χ2n) is 7.24. The van der Waals surface area contributed by atoms with Crippen molar-refractivity contribution < 1.29 is 9.53 Å². The van der Waals surface area contributed by atoms with Gasteiger partial charge in [-0.3, -0.25) is 0 Å². The Labute approximate surface area is 149 Å². The van der Waals surface area contributed by atoms with E-state index in [-0.39, 0.29) is 18.5 Å². The van der Waals surface area contributed by atoms with Gasteiger partial charge in [0.1, 0.15) is 6.61 Å². The molecule has 2 aromatic rings. The van der Waals surface area contributed by atoms with Crippen molar-refractivity contribution in [3.63, 3.8) is 0 Å². The molecule has 0 aliphatic heterocycles. The van der Waals surface area contributed by atoms with Gasteiger partial charge in [0.15, 0.2) is 0 Å². The summed E-state index contributed by atoms with van der Waals surface area (Å²) in [6.07, 6.45) is 0.974. The van der Waals surface area contributed by atoms with Crippen LogP contribution in [0.4, 0.5) is 0 Å². The number of hydrogen-bond acceptors (Lipinski definition) is 3. The van der Waals surface area contributed by atoms with Crippen molar-refractivity contribution in [3.05, 3.63) is 70.8 Å². The second-order valence-corrected chi connectivity index (χ2v) is 7.24. The molecule has 2 unspecified atom stereocenters. The van der Waals surface area contributed by atoms with Gasteiger partial charge in [-0.15, -0.1) is 0 Å². The molecular formula is C22H25NO2. The van der Waals surface area contributed by atoms with Gasteiger partial charge in [-0.05, 0) is 48.4 Å². The summed E-state index contributed by atoms with van der Waals surface area (Å²) in [4.78, 5) is 12.0. The molecule has 3 heteroatoms. The third-order valence-corrected chi connectivity index (χ3v) is 4.92. The predicted molar refractivity (Wildman–Crippen MR) is 101 cm³/mol. The number of benzene rings is 2. The van der Waals surface area contributed by atoms with E-state index in [1.54, 1.807) is 12.1 Å². The average molecular weight is 335 g/mol. The van der Waals surface area contributed by atoms with Gasteiger partial charge in [-0.25, -0.2) is 4.79 Å². The van der Waals surface area contributed by atoms with Crippen LogP contribution in [-0.4, -0.2) is 18.3 Å². The number of rotatable bonds is 6. The average Bonchev–Trinajstić information content (AvgIpc) is 3.41. The maximum Gasteiger partial charge on any atom is 0.338 e. The van der Waals surface area contributed by atoms with Crippen LogP contribution in [0.2, 0.25) is 0 Å². The van der Waals surface area contributed by atoms with Gasteiger partial charge in [0.05, 0.1) is 11.3 Å².